The SMILES string of the molecule is CCCNC(C)c1c(F)cccc1N(C)CC(C)C#N. The summed E-state index contributed by atoms with van der Waals surface area (Å²) in [6.45, 7) is 7.37. The van der Waals surface area contributed by atoms with Gasteiger partial charge in [-0.3, -0.25) is 0 Å². The van der Waals surface area contributed by atoms with Crippen LogP contribution in [-0.4, -0.2) is 20.1 Å². The minimum Gasteiger partial charge on any atom is -0.373 e. The second-order valence-corrected chi connectivity index (χ2v) is 5.26. The van der Waals surface area contributed by atoms with Gasteiger partial charge in [0.1, 0.15) is 5.82 Å². The average molecular weight is 277 g/mol. The van der Waals surface area contributed by atoms with Gasteiger partial charge in [-0.15, -0.1) is 0 Å². The second-order valence-electron chi connectivity index (χ2n) is 5.26. The predicted molar refractivity (Wildman–Crippen MR) is 81.2 cm³/mol. The molecule has 1 aromatic carbocycles. The molecule has 110 valence electrons. The van der Waals surface area contributed by atoms with E-state index in [2.05, 4.69) is 18.3 Å². The first kappa shape index (κ1) is 16.5. The van der Waals surface area contributed by atoms with Crippen molar-refractivity contribution in [2.75, 3.05) is 25.0 Å². The lowest BCUT2D eigenvalue weighted by atomic mass is 10.0. The molecule has 0 saturated carbocycles. The summed E-state index contributed by atoms with van der Waals surface area (Å²) >= 11 is 0. The summed E-state index contributed by atoms with van der Waals surface area (Å²) < 4.78 is 14.2. The van der Waals surface area contributed by atoms with Crippen LogP contribution in [0.15, 0.2) is 18.2 Å². The Morgan fingerprint density at radius 2 is 2.10 bits per heavy atom. The van der Waals surface area contributed by atoms with Crippen molar-refractivity contribution in [3.8, 4) is 6.07 Å². The van der Waals surface area contributed by atoms with Crippen LogP contribution in [0.2, 0.25) is 0 Å². The number of hydrogen-bond acceptors (Lipinski definition) is 3. The highest BCUT2D eigenvalue weighted by molar-refractivity contribution is 5.55. The van der Waals surface area contributed by atoms with Crippen molar-refractivity contribution in [3.05, 3.63) is 29.6 Å². The van der Waals surface area contributed by atoms with Crippen molar-refractivity contribution in [1.82, 2.24) is 5.32 Å². The van der Waals surface area contributed by atoms with Crippen molar-refractivity contribution in [2.24, 2.45) is 5.92 Å². The monoisotopic (exact) mass is 277 g/mol. The molecule has 4 heteroatoms. The predicted octanol–water partition coefficient (Wildman–Crippen LogP) is 3.48. The summed E-state index contributed by atoms with van der Waals surface area (Å²) in [5, 5.41) is 12.2. The third-order valence-electron chi connectivity index (χ3n) is 3.34. The van der Waals surface area contributed by atoms with Crippen LogP contribution in [0.25, 0.3) is 0 Å². The van der Waals surface area contributed by atoms with E-state index in [1.807, 2.05) is 31.9 Å². The van der Waals surface area contributed by atoms with E-state index < -0.39 is 0 Å². The summed E-state index contributed by atoms with van der Waals surface area (Å²) in [4.78, 5) is 1.95. The van der Waals surface area contributed by atoms with Crippen molar-refractivity contribution >= 4 is 5.69 Å². The Morgan fingerprint density at radius 3 is 2.70 bits per heavy atom. The largest absolute Gasteiger partial charge is 0.373 e. The van der Waals surface area contributed by atoms with E-state index in [0.717, 1.165) is 18.7 Å². The maximum atomic E-state index is 14.2. The fourth-order valence-electron chi connectivity index (χ4n) is 2.30. The van der Waals surface area contributed by atoms with E-state index in [4.69, 9.17) is 5.26 Å². The topological polar surface area (TPSA) is 39.1 Å². The van der Waals surface area contributed by atoms with Crippen molar-refractivity contribution < 1.29 is 4.39 Å². The first-order valence-corrected chi connectivity index (χ1v) is 7.13. The molecule has 0 aliphatic rings. The molecular weight excluding hydrogens is 253 g/mol. The van der Waals surface area contributed by atoms with Gasteiger partial charge in [0, 0.05) is 30.9 Å². The Balaban J connectivity index is 3.01. The Bertz CT molecular complexity index is 467. The van der Waals surface area contributed by atoms with Crippen LogP contribution in [0.4, 0.5) is 10.1 Å². The molecule has 0 radical (unpaired) electrons. The van der Waals surface area contributed by atoms with Gasteiger partial charge in [-0.2, -0.15) is 5.26 Å². The van der Waals surface area contributed by atoms with E-state index in [1.165, 1.54) is 6.07 Å². The molecule has 0 heterocycles. The summed E-state index contributed by atoms with van der Waals surface area (Å²) in [6, 6.07) is 7.28. The molecule has 0 amide bonds. The molecule has 0 spiro atoms. The molecule has 2 unspecified atom stereocenters. The molecule has 2 atom stereocenters. The van der Waals surface area contributed by atoms with Crippen LogP contribution in [0.5, 0.6) is 0 Å². The number of nitrogens with zero attached hydrogens (tertiary/aromatic N) is 2. The molecule has 0 fully saturated rings. The molecule has 0 bridgehead atoms. The van der Waals surface area contributed by atoms with E-state index >= 15 is 0 Å². The Labute approximate surface area is 121 Å². The van der Waals surface area contributed by atoms with Crippen LogP contribution >= 0.6 is 0 Å². The fourth-order valence-corrected chi connectivity index (χ4v) is 2.30. The number of rotatable bonds is 7. The number of anilines is 1. The minimum absolute atomic E-state index is 0.0500. The molecule has 0 aliphatic carbocycles. The number of nitrogens with one attached hydrogen (secondary N) is 1. The molecule has 1 rings (SSSR count). The Hall–Kier alpha value is -1.60. The van der Waals surface area contributed by atoms with Gasteiger partial charge >= 0.3 is 0 Å². The van der Waals surface area contributed by atoms with Gasteiger partial charge in [0.25, 0.3) is 0 Å². The zero-order valence-electron chi connectivity index (χ0n) is 12.8. The van der Waals surface area contributed by atoms with Gasteiger partial charge in [-0.05, 0) is 38.9 Å². The van der Waals surface area contributed by atoms with Crippen molar-refractivity contribution in [3.63, 3.8) is 0 Å². The van der Waals surface area contributed by atoms with Crippen molar-refractivity contribution in [1.29, 1.82) is 5.26 Å². The summed E-state index contributed by atoms with van der Waals surface area (Å²) in [5.41, 5.74) is 1.52. The Morgan fingerprint density at radius 1 is 1.40 bits per heavy atom. The first-order chi connectivity index (χ1) is 9.51. The maximum absolute atomic E-state index is 14.2. The zero-order valence-corrected chi connectivity index (χ0v) is 12.8. The van der Waals surface area contributed by atoms with Gasteiger partial charge < -0.3 is 10.2 Å². The smallest absolute Gasteiger partial charge is 0.130 e. The average Bonchev–Trinajstić information content (AvgIpc) is 2.44. The van der Waals surface area contributed by atoms with Crippen LogP contribution < -0.4 is 10.2 Å². The maximum Gasteiger partial charge on any atom is 0.130 e. The molecule has 3 nitrogen and oxygen atoms in total. The molecule has 0 saturated heterocycles. The van der Waals surface area contributed by atoms with E-state index in [1.54, 1.807) is 6.07 Å². The van der Waals surface area contributed by atoms with Crippen LogP contribution in [0.3, 0.4) is 0 Å². The standard InChI is InChI=1S/C16H24FN3/c1-5-9-19-13(3)16-14(17)7-6-8-15(16)20(4)11-12(2)10-18/h6-8,12-13,19H,5,9,11H2,1-4H3. The zero-order chi connectivity index (χ0) is 15.1. The minimum atomic E-state index is -0.199. The van der Waals surface area contributed by atoms with Crippen LogP contribution in [0, 0.1) is 23.1 Å². The van der Waals surface area contributed by atoms with Gasteiger partial charge in [-0.1, -0.05) is 13.0 Å². The lowest BCUT2D eigenvalue weighted by Gasteiger charge is -2.26. The Kier molecular flexibility index (Phi) is 6.47. The summed E-state index contributed by atoms with van der Waals surface area (Å²) in [5.74, 6) is -0.287. The molecule has 0 aromatic heterocycles. The number of hydrogen-bond donors (Lipinski definition) is 1. The highest BCUT2D eigenvalue weighted by atomic mass is 19.1. The second kappa shape index (κ2) is 7.86. The third-order valence-corrected chi connectivity index (χ3v) is 3.34. The van der Waals surface area contributed by atoms with Gasteiger partial charge in [0.05, 0.1) is 12.0 Å². The summed E-state index contributed by atoms with van der Waals surface area (Å²) in [6.07, 6.45) is 1.01. The number of benzene rings is 1. The third kappa shape index (κ3) is 4.21. The first-order valence-electron chi connectivity index (χ1n) is 7.13. The highest BCUT2D eigenvalue weighted by Crippen LogP contribution is 2.28. The molecule has 1 aromatic rings. The van der Waals surface area contributed by atoms with Crippen LogP contribution in [0.1, 0.15) is 38.8 Å². The molecule has 1 N–H and O–H groups in total. The fraction of sp³-hybridized carbons (Fsp3) is 0.562. The van der Waals surface area contributed by atoms with Gasteiger partial charge in [-0.25, -0.2) is 4.39 Å². The molecule has 0 aliphatic heterocycles. The van der Waals surface area contributed by atoms with Gasteiger partial charge in [0.15, 0.2) is 0 Å². The van der Waals surface area contributed by atoms with E-state index in [9.17, 15) is 4.39 Å². The van der Waals surface area contributed by atoms with Crippen molar-refractivity contribution in [2.45, 2.75) is 33.2 Å². The lowest BCUT2D eigenvalue weighted by Crippen LogP contribution is -2.27. The normalized spacial score (nSPS) is 13.6. The quantitative estimate of drug-likeness (QED) is 0.829. The van der Waals surface area contributed by atoms with E-state index in [-0.39, 0.29) is 17.8 Å². The molecular formula is C16H24FN3. The summed E-state index contributed by atoms with van der Waals surface area (Å²) in [7, 11) is 1.90. The number of nitriles is 1. The number of halogens is 1. The van der Waals surface area contributed by atoms with E-state index in [0.29, 0.717) is 12.1 Å². The van der Waals surface area contributed by atoms with Gasteiger partial charge in [0.2, 0.25) is 0 Å². The molecule has 20 heavy (non-hydrogen) atoms. The lowest BCUT2D eigenvalue weighted by molar-refractivity contribution is 0.526. The highest BCUT2D eigenvalue weighted by Gasteiger charge is 2.18. The van der Waals surface area contributed by atoms with Crippen LogP contribution in [-0.2, 0) is 0 Å².